The van der Waals surface area contributed by atoms with Gasteiger partial charge in [-0.25, -0.2) is 5.43 Å². The number of rotatable bonds is 8. The van der Waals surface area contributed by atoms with Crippen molar-refractivity contribution in [2.45, 2.75) is 6.92 Å². The first-order valence-corrected chi connectivity index (χ1v) is 7.57. The summed E-state index contributed by atoms with van der Waals surface area (Å²) in [5.41, 5.74) is 3.61. The van der Waals surface area contributed by atoms with Crippen LogP contribution >= 0.6 is 0 Å². The first-order valence-electron chi connectivity index (χ1n) is 7.57. The normalized spacial score (nSPS) is 10.4. The lowest BCUT2D eigenvalue weighted by Crippen LogP contribution is -2.28. The molecule has 0 aromatic heterocycles. The molecule has 0 saturated heterocycles. The molecule has 0 atom stereocenters. The van der Waals surface area contributed by atoms with Crippen molar-refractivity contribution in [2.75, 3.05) is 13.2 Å². The monoisotopic (exact) mass is 341 g/mol. The zero-order chi connectivity index (χ0) is 18.1. The third kappa shape index (κ3) is 5.98. The molecule has 0 radical (unpaired) electrons. The molecule has 2 aromatic rings. The summed E-state index contributed by atoms with van der Waals surface area (Å²) in [7, 11) is 0. The molecule has 7 heteroatoms. The van der Waals surface area contributed by atoms with Crippen LogP contribution in [0.15, 0.2) is 53.6 Å². The molecule has 0 heterocycles. The number of benzene rings is 2. The molecule has 0 spiro atoms. The zero-order valence-corrected chi connectivity index (χ0v) is 13.6. The molecule has 0 bridgehead atoms. The van der Waals surface area contributed by atoms with Crippen LogP contribution in [0.3, 0.4) is 0 Å². The second-order valence-corrected chi connectivity index (χ2v) is 4.89. The highest BCUT2D eigenvalue weighted by Gasteiger charge is 2.04. The van der Waals surface area contributed by atoms with E-state index in [2.05, 4.69) is 10.5 Å². The van der Waals surface area contributed by atoms with Crippen molar-refractivity contribution >= 4 is 18.1 Å². The molecule has 0 aliphatic carbocycles. The number of carbonyl (C=O) groups excluding carboxylic acids is 2. The largest absolute Gasteiger partial charge is 0.546 e. The summed E-state index contributed by atoms with van der Waals surface area (Å²) in [6.45, 7) is 1.94. The Morgan fingerprint density at radius 2 is 1.64 bits per heavy atom. The van der Waals surface area contributed by atoms with Gasteiger partial charge >= 0.3 is 0 Å². The Bertz CT molecular complexity index is 739. The second kappa shape index (κ2) is 9.07. The topological polar surface area (TPSA) is 100 Å². The summed E-state index contributed by atoms with van der Waals surface area (Å²) in [6, 6.07) is 13.3. The van der Waals surface area contributed by atoms with Gasteiger partial charge in [-0.15, -0.1) is 0 Å². The average molecular weight is 341 g/mol. The van der Waals surface area contributed by atoms with E-state index in [4.69, 9.17) is 9.47 Å². The van der Waals surface area contributed by atoms with Crippen LogP contribution in [-0.2, 0) is 4.79 Å². The maximum atomic E-state index is 12.0. The summed E-state index contributed by atoms with van der Waals surface area (Å²) >= 11 is 0. The molecule has 0 aliphatic heterocycles. The fraction of sp³-hybridized carbons (Fsp3) is 0.167. The van der Waals surface area contributed by atoms with Gasteiger partial charge in [0.25, 0.3) is 5.91 Å². The van der Waals surface area contributed by atoms with Gasteiger partial charge in [0.1, 0.15) is 18.1 Å². The van der Waals surface area contributed by atoms with Crippen LogP contribution in [0.1, 0.15) is 22.8 Å². The highest BCUT2D eigenvalue weighted by Crippen LogP contribution is 2.12. The summed E-state index contributed by atoms with van der Waals surface area (Å²) in [6.07, 6.45) is 1.47. The summed E-state index contributed by atoms with van der Waals surface area (Å²) in [5.74, 6) is -0.529. The number of carbonyl (C=O) groups is 2. The van der Waals surface area contributed by atoms with Gasteiger partial charge in [-0.2, -0.15) is 5.10 Å². The summed E-state index contributed by atoms with van der Waals surface area (Å²) in [4.78, 5) is 22.3. The number of nitrogens with zero attached hydrogens (tertiary/aromatic N) is 1. The molecule has 1 amide bonds. The number of hydrogen-bond donors (Lipinski definition) is 1. The van der Waals surface area contributed by atoms with Crippen LogP contribution in [0.25, 0.3) is 0 Å². The number of carboxylic acids is 1. The molecule has 7 nitrogen and oxygen atoms in total. The van der Waals surface area contributed by atoms with Crippen molar-refractivity contribution in [1.82, 2.24) is 5.43 Å². The van der Waals surface area contributed by atoms with Crippen molar-refractivity contribution in [3.05, 3.63) is 59.7 Å². The molecular weight excluding hydrogens is 324 g/mol. The molecule has 2 aromatic carbocycles. The number of nitrogens with one attached hydrogen (secondary N) is 1. The molecule has 25 heavy (non-hydrogen) atoms. The summed E-state index contributed by atoms with van der Waals surface area (Å²) < 4.78 is 10.3. The highest BCUT2D eigenvalue weighted by atomic mass is 16.5. The zero-order valence-electron chi connectivity index (χ0n) is 13.6. The van der Waals surface area contributed by atoms with Gasteiger partial charge in [-0.1, -0.05) is 0 Å². The third-order valence-electron chi connectivity index (χ3n) is 3.04. The Hall–Kier alpha value is -3.35. The minimum Gasteiger partial charge on any atom is -0.546 e. The maximum absolute atomic E-state index is 12.0. The van der Waals surface area contributed by atoms with E-state index in [9.17, 15) is 14.7 Å². The van der Waals surface area contributed by atoms with Gasteiger partial charge in [0, 0.05) is 5.56 Å². The van der Waals surface area contributed by atoms with E-state index in [0.29, 0.717) is 29.2 Å². The molecule has 1 N–H and O–H groups in total. The van der Waals surface area contributed by atoms with Crippen LogP contribution in [-0.4, -0.2) is 31.3 Å². The molecule has 130 valence electrons. The minimum absolute atomic E-state index is 0.340. The number of aliphatic carboxylic acids is 1. The lowest BCUT2D eigenvalue weighted by molar-refractivity contribution is -0.307. The van der Waals surface area contributed by atoms with Gasteiger partial charge in [0.2, 0.25) is 0 Å². The summed E-state index contributed by atoms with van der Waals surface area (Å²) in [5, 5.41) is 14.2. The Kier molecular flexibility index (Phi) is 6.53. The Morgan fingerprint density at radius 1 is 1.04 bits per heavy atom. The van der Waals surface area contributed by atoms with Gasteiger partial charge in [0.15, 0.2) is 0 Å². The molecule has 0 fully saturated rings. The molecule has 2 rings (SSSR count). The van der Waals surface area contributed by atoms with Crippen LogP contribution in [0.5, 0.6) is 11.5 Å². The minimum atomic E-state index is -1.29. The van der Waals surface area contributed by atoms with E-state index in [1.807, 2.05) is 6.92 Å². The van der Waals surface area contributed by atoms with Gasteiger partial charge in [-0.3, -0.25) is 4.79 Å². The lowest BCUT2D eigenvalue weighted by Gasteiger charge is -2.06. The number of hydrazone groups is 1. The molecular formula is C18H17N2O5-. The molecule has 0 aliphatic rings. The van der Waals surface area contributed by atoms with Crippen molar-refractivity contribution in [1.29, 1.82) is 0 Å². The van der Waals surface area contributed by atoms with E-state index >= 15 is 0 Å². The smallest absolute Gasteiger partial charge is 0.271 e. The van der Waals surface area contributed by atoms with Crippen LogP contribution < -0.4 is 20.0 Å². The predicted octanol–water partition coefficient (Wildman–Crippen LogP) is 0.978. The average Bonchev–Trinajstić information content (AvgIpc) is 2.62. The van der Waals surface area contributed by atoms with Crippen LogP contribution in [0.2, 0.25) is 0 Å². The van der Waals surface area contributed by atoms with Crippen LogP contribution in [0, 0.1) is 0 Å². The third-order valence-corrected chi connectivity index (χ3v) is 3.04. The fourth-order valence-electron chi connectivity index (χ4n) is 1.89. The van der Waals surface area contributed by atoms with Crippen molar-refractivity contribution in [3.63, 3.8) is 0 Å². The molecule has 0 unspecified atom stereocenters. The maximum Gasteiger partial charge on any atom is 0.271 e. The Balaban J connectivity index is 1.87. The first-order chi connectivity index (χ1) is 12.1. The Labute approximate surface area is 144 Å². The number of ether oxygens (including phenoxy) is 2. The Morgan fingerprint density at radius 3 is 2.24 bits per heavy atom. The van der Waals surface area contributed by atoms with E-state index in [0.717, 1.165) is 0 Å². The number of carboxylic acid groups (broad SMARTS) is 1. The SMILES string of the molecule is CCOc1ccc(C(=O)N/N=C\c2ccc(OCC(=O)[O-])cc2)cc1. The lowest BCUT2D eigenvalue weighted by atomic mass is 10.2. The quantitative estimate of drug-likeness (QED) is 0.570. The molecule has 0 saturated carbocycles. The van der Waals surface area contributed by atoms with Crippen molar-refractivity contribution in [2.24, 2.45) is 5.10 Å². The van der Waals surface area contributed by atoms with Gasteiger partial charge in [-0.05, 0) is 61.0 Å². The number of hydrogen-bond acceptors (Lipinski definition) is 6. The van der Waals surface area contributed by atoms with Gasteiger partial charge < -0.3 is 19.4 Å². The number of amides is 1. The highest BCUT2D eigenvalue weighted by molar-refractivity contribution is 5.95. The fourth-order valence-corrected chi connectivity index (χ4v) is 1.89. The van der Waals surface area contributed by atoms with Crippen molar-refractivity contribution < 1.29 is 24.2 Å². The standard InChI is InChI=1S/C18H18N2O5/c1-2-24-15-9-5-14(6-10-15)18(23)20-19-11-13-3-7-16(8-4-13)25-12-17(21)22/h3-11H,2,12H2,1H3,(H,20,23)(H,21,22)/p-1/b19-11-. The second-order valence-electron chi connectivity index (χ2n) is 4.89. The van der Waals surface area contributed by atoms with Crippen LogP contribution in [0.4, 0.5) is 0 Å². The predicted molar refractivity (Wildman–Crippen MR) is 89.6 cm³/mol. The van der Waals surface area contributed by atoms with Gasteiger partial charge in [0.05, 0.1) is 18.8 Å². The first kappa shape index (κ1) is 18.0. The van der Waals surface area contributed by atoms with E-state index in [1.54, 1.807) is 48.5 Å². The van der Waals surface area contributed by atoms with E-state index in [1.165, 1.54) is 6.21 Å². The van der Waals surface area contributed by atoms with Crippen molar-refractivity contribution in [3.8, 4) is 11.5 Å². The van der Waals surface area contributed by atoms with E-state index < -0.39 is 12.6 Å². The van der Waals surface area contributed by atoms with E-state index in [-0.39, 0.29) is 5.91 Å².